The number of hydrogen-bond acceptors (Lipinski definition) is 4. The Morgan fingerprint density at radius 2 is 2.10 bits per heavy atom. The molecule has 2 aromatic rings. The van der Waals surface area contributed by atoms with E-state index in [1.165, 1.54) is 0 Å². The third-order valence-electron chi connectivity index (χ3n) is 2.50. The zero-order valence-corrected chi connectivity index (χ0v) is 12.2. The van der Waals surface area contributed by atoms with E-state index in [4.69, 9.17) is 16.1 Å². The molecule has 0 spiro atoms. The van der Waals surface area contributed by atoms with Crippen molar-refractivity contribution < 1.29 is 9.32 Å². The van der Waals surface area contributed by atoms with Crippen LogP contribution in [0.2, 0.25) is 5.15 Å². The SMILES string of the molecule is CC(C)(C)c1cc(NC(=O)Nc2cccnc2Cl)no1. The minimum absolute atomic E-state index is 0.171. The van der Waals surface area contributed by atoms with Crippen molar-refractivity contribution in [2.75, 3.05) is 10.6 Å². The highest BCUT2D eigenvalue weighted by molar-refractivity contribution is 6.32. The highest BCUT2D eigenvalue weighted by Gasteiger charge is 2.20. The lowest BCUT2D eigenvalue weighted by Gasteiger charge is -2.12. The van der Waals surface area contributed by atoms with E-state index in [0.717, 1.165) is 0 Å². The van der Waals surface area contributed by atoms with Crippen LogP contribution in [0.1, 0.15) is 26.5 Å². The van der Waals surface area contributed by atoms with E-state index in [-0.39, 0.29) is 10.6 Å². The van der Waals surface area contributed by atoms with Gasteiger partial charge in [-0.2, -0.15) is 0 Å². The molecular formula is C13H15ClN4O2. The Morgan fingerprint density at radius 3 is 2.70 bits per heavy atom. The number of urea groups is 1. The number of amides is 2. The summed E-state index contributed by atoms with van der Waals surface area (Å²) in [5.74, 6) is 1.03. The molecule has 2 aromatic heterocycles. The number of carbonyl (C=O) groups excluding carboxylic acids is 1. The van der Waals surface area contributed by atoms with Crippen LogP contribution < -0.4 is 10.6 Å². The summed E-state index contributed by atoms with van der Waals surface area (Å²) in [7, 11) is 0. The Bertz CT molecular complexity index is 619. The van der Waals surface area contributed by atoms with Crippen molar-refractivity contribution in [3.05, 3.63) is 35.3 Å². The molecule has 0 saturated heterocycles. The second kappa shape index (κ2) is 5.50. The summed E-state index contributed by atoms with van der Waals surface area (Å²) in [6.07, 6.45) is 1.54. The first-order chi connectivity index (χ1) is 9.36. The zero-order chi connectivity index (χ0) is 14.8. The van der Waals surface area contributed by atoms with Gasteiger partial charge in [0, 0.05) is 17.7 Å². The standard InChI is InChI=1S/C13H15ClN4O2/c1-13(2,3)9-7-10(18-20-9)17-12(19)16-8-5-4-6-15-11(8)14/h4-7H,1-3H3,(H2,16,17,18,19). The number of halogens is 1. The summed E-state index contributed by atoms with van der Waals surface area (Å²) in [4.78, 5) is 15.7. The van der Waals surface area contributed by atoms with Crippen molar-refractivity contribution in [3.8, 4) is 0 Å². The molecule has 0 aliphatic rings. The Kier molecular flexibility index (Phi) is 3.94. The van der Waals surface area contributed by atoms with Gasteiger partial charge in [-0.15, -0.1) is 0 Å². The molecular weight excluding hydrogens is 280 g/mol. The fourth-order valence-electron chi connectivity index (χ4n) is 1.44. The van der Waals surface area contributed by atoms with Crippen LogP contribution in [0.3, 0.4) is 0 Å². The maximum atomic E-state index is 11.8. The van der Waals surface area contributed by atoms with Crippen molar-refractivity contribution in [3.63, 3.8) is 0 Å². The van der Waals surface area contributed by atoms with Crippen molar-refractivity contribution in [2.45, 2.75) is 26.2 Å². The Hall–Kier alpha value is -2.08. The lowest BCUT2D eigenvalue weighted by Crippen LogP contribution is -2.20. The third-order valence-corrected chi connectivity index (χ3v) is 2.80. The fourth-order valence-corrected chi connectivity index (χ4v) is 1.60. The molecule has 2 amide bonds. The molecule has 2 N–H and O–H groups in total. The topological polar surface area (TPSA) is 80.0 Å². The molecule has 0 aliphatic heterocycles. The van der Waals surface area contributed by atoms with E-state index in [9.17, 15) is 4.79 Å². The molecule has 0 aliphatic carbocycles. The van der Waals surface area contributed by atoms with Gasteiger partial charge >= 0.3 is 6.03 Å². The van der Waals surface area contributed by atoms with E-state index in [2.05, 4.69) is 20.8 Å². The summed E-state index contributed by atoms with van der Waals surface area (Å²) < 4.78 is 5.17. The van der Waals surface area contributed by atoms with Crippen LogP contribution in [0.4, 0.5) is 16.3 Å². The maximum absolute atomic E-state index is 11.8. The van der Waals surface area contributed by atoms with Gasteiger partial charge in [0.2, 0.25) is 0 Å². The smallest absolute Gasteiger partial charge is 0.325 e. The molecule has 0 atom stereocenters. The molecule has 2 heterocycles. The number of nitrogens with zero attached hydrogens (tertiary/aromatic N) is 2. The van der Waals surface area contributed by atoms with Crippen LogP contribution in [0, 0.1) is 0 Å². The normalized spacial score (nSPS) is 11.2. The van der Waals surface area contributed by atoms with E-state index >= 15 is 0 Å². The van der Waals surface area contributed by atoms with Gasteiger partial charge in [-0.25, -0.2) is 9.78 Å². The highest BCUT2D eigenvalue weighted by Crippen LogP contribution is 2.24. The molecule has 7 heteroatoms. The Morgan fingerprint density at radius 1 is 1.35 bits per heavy atom. The molecule has 106 valence electrons. The summed E-state index contributed by atoms with van der Waals surface area (Å²) in [6.45, 7) is 5.98. The lowest BCUT2D eigenvalue weighted by atomic mass is 9.93. The summed E-state index contributed by atoms with van der Waals surface area (Å²) in [6, 6.07) is 4.55. The average Bonchev–Trinajstić information content (AvgIpc) is 2.80. The minimum Gasteiger partial charge on any atom is -0.359 e. The lowest BCUT2D eigenvalue weighted by molar-refractivity contribution is 0.262. The fraction of sp³-hybridized carbons (Fsp3) is 0.308. The molecule has 0 radical (unpaired) electrons. The van der Waals surface area contributed by atoms with E-state index < -0.39 is 6.03 Å². The first-order valence-electron chi connectivity index (χ1n) is 6.02. The largest absolute Gasteiger partial charge is 0.359 e. The first-order valence-corrected chi connectivity index (χ1v) is 6.40. The zero-order valence-electron chi connectivity index (χ0n) is 11.4. The van der Waals surface area contributed by atoms with E-state index in [1.807, 2.05) is 20.8 Å². The van der Waals surface area contributed by atoms with Gasteiger partial charge in [0.1, 0.15) is 5.76 Å². The van der Waals surface area contributed by atoms with Gasteiger partial charge in [-0.3, -0.25) is 5.32 Å². The maximum Gasteiger partial charge on any atom is 0.325 e. The Balaban J connectivity index is 2.02. The predicted molar refractivity (Wildman–Crippen MR) is 77.1 cm³/mol. The van der Waals surface area contributed by atoms with E-state index in [1.54, 1.807) is 24.4 Å². The van der Waals surface area contributed by atoms with Crippen molar-refractivity contribution in [1.82, 2.24) is 10.1 Å². The molecule has 0 bridgehead atoms. The Labute approximate surface area is 121 Å². The molecule has 20 heavy (non-hydrogen) atoms. The van der Waals surface area contributed by atoms with Gasteiger partial charge in [0.25, 0.3) is 0 Å². The van der Waals surface area contributed by atoms with Gasteiger partial charge in [0.15, 0.2) is 11.0 Å². The quantitative estimate of drug-likeness (QED) is 0.828. The van der Waals surface area contributed by atoms with Gasteiger partial charge in [0.05, 0.1) is 5.69 Å². The van der Waals surface area contributed by atoms with Crippen LogP contribution in [0.25, 0.3) is 0 Å². The monoisotopic (exact) mass is 294 g/mol. The summed E-state index contributed by atoms with van der Waals surface area (Å²) >= 11 is 5.85. The third kappa shape index (κ3) is 3.48. The van der Waals surface area contributed by atoms with Crippen LogP contribution >= 0.6 is 11.6 Å². The van der Waals surface area contributed by atoms with Crippen molar-refractivity contribution in [1.29, 1.82) is 0 Å². The van der Waals surface area contributed by atoms with Crippen LogP contribution in [-0.4, -0.2) is 16.2 Å². The van der Waals surface area contributed by atoms with Crippen LogP contribution in [-0.2, 0) is 5.41 Å². The van der Waals surface area contributed by atoms with Crippen molar-refractivity contribution in [2.24, 2.45) is 0 Å². The molecule has 0 fully saturated rings. The average molecular weight is 295 g/mol. The summed E-state index contributed by atoms with van der Waals surface area (Å²) in [5.41, 5.74) is 0.252. The number of carbonyl (C=O) groups is 1. The minimum atomic E-state index is -0.464. The van der Waals surface area contributed by atoms with E-state index in [0.29, 0.717) is 17.3 Å². The number of rotatable bonds is 2. The number of nitrogens with one attached hydrogen (secondary N) is 2. The van der Waals surface area contributed by atoms with Gasteiger partial charge in [-0.05, 0) is 12.1 Å². The van der Waals surface area contributed by atoms with Crippen LogP contribution in [0.5, 0.6) is 0 Å². The second-order valence-electron chi connectivity index (χ2n) is 5.25. The highest BCUT2D eigenvalue weighted by atomic mass is 35.5. The number of aromatic nitrogens is 2. The molecule has 0 saturated carbocycles. The number of pyridine rings is 1. The summed E-state index contributed by atoms with van der Waals surface area (Å²) in [5, 5.41) is 9.16. The van der Waals surface area contributed by atoms with Gasteiger partial charge < -0.3 is 9.84 Å². The van der Waals surface area contributed by atoms with Crippen LogP contribution in [0.15, 0.2) is 28.9 Å². The first kappa shape index (κ1) is 14.3. The second-order valence-corrected chi connectivity index (χ2v) is 5.61. The molecule has 0 aromatic carbocycles. The predicted octanol–water partition coefficient (Wildman–Crippen LogP) is 3.66. The molecule has 2 rings (SSSR count). The number of anilines is 2. The number of hydrogen-bond donors (Lipinski definition) is 2. The van der Waals surface area contributed by atoms with Gasteiger partial charge in [-0.1, -0.05) is 37.5 Å². The van der Waals surface area contributed by atoms with Crippen molar-refractivity contribution >= 4 is 29.1 Å². The molecule has 0 unspecified atom stereocenters. The molecule has 6 nitrogen and oxygen atoms in total.